The van der Waals surface area contributed by atoms with E-state index >= 15 is 0 Å². The smallest absolute Gasteiger partial charge is 0.182 e. The fourth-order valence-corrected chi connectivity index (χ4v) is 3.24. The molecule has 4 nitrogen and oxygen atoms in total. The lowest BCUT2D eigenvalue weighted by Crippen LogP contribution is -2.52. The number of hydrogen-bond donors (Lipinski definition) is 1. The highest BCUT2D eigenvalue weighted by molar-refractivity contribution is 7.15. The van der Waals surface area contributed by atoms with Crippen LogP contribution in [0.5, 0.6) is 0 Å². The molecule has 108 valence electrons. The SMILES string of the molecule is Cc1cnc(NCC(C(C)C)N2CCN(C)CC2)s1. The molecule has 0 aliphatic carbocycles. The van der Waals surface area contributed by atoms with Crippen LogP contribution in [0.4, 0.5) is 5.13 Å². The van der Waals surface area contributed by atoms with Gasteiger partial charge in [-0.05, 0) is 19.9 Å². The molecule has 0 amide bonds. The molecule has 0 aromatic carbocycles. The Balaban J connectivity index is 1.89. The van der Waals surface area contributed by atoms with Gasteiger partial charge in [-0.2, -0.15) is 0 Å². The highest BCUT2D eigenvalue weighted by Crippen LogP contribution is 2.19. The van der Waals surface area contributed by atoms with Gasteiger partial charge in [-0.3, -0.25) is 4.90 Å². The molecule has 1 aliphatic rings. The topological polar surface area (TPSA) is 31.4 Å². The second-order valence-electron chi connectivity index (χ2n) is 5.81. The zero-order valence-corrected chi connectivity index (χ0v) is 13.3. The van der Waals surface area contributed by atoms with Gasteiger partial charge in [0.25, 0.3) is 0 Å². The molecule has 1 aliphatic heterocycles. The maximum absolute atomic E-state index is 4.38. The lowest BCUT2D eigenvalue weighted by atomic mass is 10.0. The van der Waals surface area contributed by atoms with E-state index in [0.29, 0.717) is 12.0 Å². The first-order valence-corrected chi connectivity index (χ1v) is 7.97. The van der Waals surface area contributed by atoms with Crippen LogP contribution in [0, 0.1) is 12.8 Å². The monoisotopic (exact) mass is 282 g/mol. The summed E-state index contributed by atoms with van der Waals surface area (Å²) in [5, 5.41) is 4.56. The summed E-state index contributed by atoms with van der Waals surface area (Å²) < 4.78 is 0. The summed E-state index contributed by atoms with van der Waals surface area (Å²) >= 11 is 1.74. The molecule has 2 heterocycles. The van der Waals surface area contributed by atoms with Crippen LogP contribution in [0.3, 0.4) is 0 Å². The fourth-order valence-electron chi connectivity index (χ4n) is 2.57. The second-order valence-corrected chi connectivity index (χ2v) is 7.04. The van der Waals surface area contributed by atoms with E-state index in [-0.39, 0.29) is 0 Å². The summed E-state index contributed by atoms with van der Waals surface area (Å²) in [5.41, 5.74) is 0. The summed E-state index contributed by atoms with van der Waals surface area (Å²) in [4.78, 5) is 10.7. The highest BCUT2D eigenvalue weighted by Gasteiger charge is 2.24. The van der Waals surface area contributed by atoms with Crippen molar-refractivity contribution in [2.75, 3.05) is 45.1 Å². The van der Waals surface area contributed by atoms with E-state index in [9.17, 15) is 0 Å². The molecule has 1 aromatic heterocycles. The number of rotatable bonds is 5. The number of nitrogens with one attached hydrogen (secondary N) is 1. The Hall–Kier alpha value is -0.650. The minimum absolute atomic E-state index is 0.595. The Morgan fingerprint density at radius 1 is 1.32 bits per heavy atom. The predicted octanol–water partition coefficient (Wildman–Crippen LogP) is 2.14. The first kappa shape index (κ1) is 14.8. The third kappa shape index (κ3) is 4.16. The third-order valence-electron chi connectivity index (χ3n) is 3.86. The largest absolute Gasteiger partial charge is 0.360 e. The van der Waals surface area contributed by atoms with Crippen molar-refractivity contribution in [1.82, 2.24) is 14.8 Å². The standard InChI is InChI=1S/C14H26N4S/c1-11(2)13(18-7-5-17(4)6-8-18)10-16-14-15-9-12(3)19-14/h9,11,13H,5-8,10H2,1-4H3,(H,15,16). The van der Waals surface area contributed by atoms with E-state index in [1.807, 2.05) is 6.20 Å². The van der Waals surface area contributed by atoms with Gasteiger partial charge in [-0.1, -0.05) is 13.8 Å². The first-order chi connectivity index (χ1) is 9.06. The summed E-state index contributed by atoms with van der Waals surface area (Å²) in [6, 6.07) is 0.595. The van der Waals surface area contributed by atoms with Crippen LogP contribution in [0.1, 0.15) is 18.7 Å². The number of aryl methyl sites for hydroxylation is 1. The molecule has 5 heteroatoms. The zero-order chi connectivity index (χ0) is 13.8. The number of thiazole rings is 1. The molecule has 1 aromatic rings. The number of anilines is 1. The number of nitrogens with zero attached hydrogens (tertiary/aromatic N) is 3. The van der Waals surface area contributed by atoms with Crippen molar-refractivity contribution in [2.24, 2.45) is 5.92 Å². The van der Waals surface area contributed by atoms with Gasteiger partial charge in [0.2, 0.25) is 0 Å². The number of likely N-dealkylation sites (N-methyl/N-ethyl adjacent to an activating group) is 1. The molecule has 1 saturated heterocycles. The van der Waals surface area contributed by atoms with Gasteiger partial charge in [0.15, 0.2) is 5.13 Å². The number of piperazine rings is 1. The first-order valence-electron chi connectivity index (χ1n) is 7.15. The molecule has 1 atom stereocenters. The Kier molecular flexibility index (Phi) is 5.19. The Bertz CT molecular complexity index is 383. The second kappa shape index (κ2) is 6.68. The number of hydrogen-bond acceptors (Lipinski definition) is 5. The average molecular weight is 282 g/mol. The lowest BCUT2D eigenvalue weighted by molar-refractivity contribution is 0.0944. The van der Waals surface area contributed by atoms with Gasteiger partial charge < -0.3 is 10.2 Å². The third-order valence-corrected chi connectivity index (χ3v) is 4.73. The Morgan fingerprint density at radius 2 is 2.00 bits per heavy atom. The van der Waals surface area contributed by atoms with E-state index in [1.54, 1.807) is 11.3 Å². The Morgan fingerprint density at radius 3 is 2.53 bits per heavy atom. The molecule has 1 fully saturated rings. The normalized spacial score (nSPS) is 19.8. The van der Waals surface area contributed by atoms with Crippen molar-refractivity contribution in [1.29, 1.82) is 0 Å². The van der Waals surface area contributed by atoms with Crippen LogP contribution in [0.25, 0.3) is 0 Å². The highest BCUT2D eigenvalue weighted by atomic mass is 32.1. The van der Waals surface area contributed by atoms with Crippen molar-refractivity contribution in [3.63, 3.8) is 0 Å². The minimum Gasteiger partial charge on any atom is -0.360 e. The van der Waals surface area contributed by atoms with Crippen LogP contribution in [-0.4, -0.2) is 60.6 Å². The minimum atomic E-state index is 0.595. The van der Waals surface area contributed by atoms with Crippen molar-refractivity contribution in [2.45, 2.75) is 26.8 Å². The average Bonchev–Trinajstić information content (AvgIpc) is 2.77. The molecule has 1 N–H and O–H groups in total. The Labute approximate surface area is 120 Å². The van der Waals surface area contributed by atoms with E-state index in [2.05, 4.69) is 47.9 Å². The van der Waals surface area contributed by atoms with Gasteiger partial charge in [0.05, 0.1) is 0 Å². The van der Waals surface area contributed by atoms with Gasteiger partial charge >= 0.3 is 0 Å². The van der Waals surface area contributed by atoms with Crippen LogP contribution in [0.15, 0.2) is 6.20 Å². The van der Waals surface area contributed by atoms with Crippen molar-refractivity contribution in [3.05, 3.63) is 11.1 Å². The van der Waals surface area contributed by atoms with Crippen molar-refractivity contribution in [3.8, 4) is 0 Å². The van der Waals surface area contributed by atoms with Gasteiger partial charge in [0.1, 0.15) is 0 Å². The number of aromatic nitrogens is 1. The summed E-state index contributed by atoms with van der Waals surface area (Å²) in [6.07, 6.45) is 1.94. The fraction of sp³-hybridized carbons (Fsp3) is 0.786. The van der Waals surface area contributed by atoms with Crippen molar-refractivity contribution < 1.29 is 0 Å². The van der Waals surface area contributed by atoms with Crippen LogP contribution < -0.4 is 5.32 Å². The molecule has 1 unspecified atom stereocenters. The van der Waals surface area contributed by atoms with Gasteiger partial charge in [0, 0.05) is 49.8 Å². The maximum atomic E-state index is 4.38. The van der Waals surface area contributed by atoms with E-state index < -0.39 is 0 Å². The molecular weight excluding hydrogens is 256 g/mol. The summed E-state index contributed by atoms with van der Waals surface area (Å²) in [6.45, 7) is 12.4. The van der Waals surface area contributed by atoms with Gasteiger partial charge in [-0.25, -0.2) is 4.98 Å². The zero-order valence-electron chi connectivity index (χ0n) is 12.5. The predicted molar refractivity (Wildman–Crippen MR) is 83.0 cm³/mol. The molecule has 19 heavy (non-hydrogen) atoms. The summed E-state index contributed by atoms with van der Waals surface area (Å²) in [5.74, 6) is 0.664. The molecule has 0 bridgehead atoms. The lowest BCUT2D eigenvalue weighted by Gasteiger charge is -2.39. The van der Waals surface area contributed by atoms with Crippen molar-refractivity contribution >= 4 is 16.5 Å². The summed E-state index contributed by atoms with van der Waals surface area (Å²) in [7, 11) is 2.21. The van der Waals surface area contributed by atoms with E-state index in [0.717, 1.165) is 11.7 Å². The maximum Gasteiger partial charge on any atom is 0.182 e. The van der Waals surface area contributed by atoms with Crippen LogP contribution in [-0.2, 0) is 0 Å². The molecule has 0 spiro atoms. The molecule has 0 saturated carbocycles. The quantitative estimate of drug-likeness (QED) is 0.896. The van der Waals surface area contributed by atoms with Gasteiger partial charge in [-0.15, -0.1) is 11.3 Å². The van der Waals surface area contributed by atoms with E-state index in [4.69, 9.17) is 0 Å². The molecule has 0 radical (unpaired) electrons. The van der Waals surface area contributed by atoms with E-state index in [1.165, 1.54) is 31.1 Å². The molecule has 2 rings (SSSR count). The van der Waals surface area contributed by atoms with Crippen LogP contribution >= 0.6 is 11.3 Å². The van der Waals surface area contributed by atoms with Crippen LogP contribution in [0.2, 0.25) is 0 Å². The molecular formula is C14H26N4S.